The van der Waals surface area contributed by atoms with Gasteiger partial charge in [0.05, 0.1) is 12.6 Å². The number of aliphatic hydroxyl groups is 1. The van der Waals surface area contributed by atoms with E-state index in [1.165, 1.54) is 17.3 Å². The number of hydrogen-bond donors (Lipinski definition) is 1. The number of hydrogen-bond acceptors (Lipinski definition) is 6. The Morgan fingerprint density at radius 3 is 2.15 bits per heavy atom. The molecule has 1 aliphatic heterocycles. The van der Waals surface area contributed by atoms with Gasteiger partial charge in [-0.3, -0.25) is 9.80 Å². The number of β-amino-alcohol motifs (C(OH)–C–C–N with tert-alkyl or cyclic N) is 1. The molecule has 154 valence electrons. The predicted molar refractivity (Wildman–Crippen MR) is 78.8 cm³/mol. The van der Waals surface area contributed by atoms with Gasteiger partial charge in [-0.1, -0.05) is 4.98 Å². The zero-order valence-corrected chi connectivity index (χ0v) is 13.8. The van der Waals surface area contributed by atoms with Gasteiger partial charge in [-0.2, -0.15) is 26.3 Å². The lowest BCUT2D eigenvalue weighted by Gasteiger charge is -2.40. The Hall–Kier alpha value is -1.93. The molecule has 0 radical (unpaired) electrons. The molecule has 1 N–H and O–H groups in total. The van der Waals surface area contributed by atoms with E-state index in [1.54, 1.807) is 0 Å². The molecular weight excluding hydrogens is 388 g/mol. The summed E-state index contributed by atoms with van der Waals surface area (Å²) in [5, 5.41) is 20.8. The molecule has 2 rings (SSSR count). The van der Waals surface area contributed by atoms with Gasteiger partial charge in [0.25, 0.3) is 0 Å². The first-order valence-corrected chi connectivity index (χ1v) is 7.83. The number of aliphatic hydroxyl groups excluding tert-OH is 1. The van der Waals surface area contributed by atoms with Gasteiger partial charge in [0.2, 0.25) is 6.04 Å². The van der Waals surface area contributed by atoms with Crippen molar-refractivity contribution in [2.75, 3.05) is 32.7 Å². The van der Waals surface area contributed by atoms with Crippen molar-refractivity contribution in [3.63, 3.8) is 0 Å². The van der Waals surface area contributed by atoms with Gasteiger partial charge in [-0.15, -0.1) is 0 Å². The molecule has 0 aromatic carbocycles. The van der Waals surface area contributed by atoms with Crippen LogP contribution in [0, 0.1) is 10.1 Å². The Morgan fingerprint density at radius 2 is 1.67 bits per heavy atom. The maximum Gasteiger partial charge on any atom is 0.434 e. The summed E-state index contributed by atoms with van der Waals surface area (Å²) in [6.45, 7) is -1.38. The maximum absolute atomic E-state index is 12.7. The highest BCUT2D eigenvalue weighted by Gasteiger charge is 2.59. The molecule has 0 amide bonds. The van der Waals surface area contributed by atoms with Crippen molar-refractivity contribution in [3.05, 3.63) is 22.5 Å². The topological polar surface area (TPSA) is 87.7 Å². The van der Waals surface area contributed by atoms with Crippen LogP contribution in [-0.4, -0.2) is 86.6 Å². The van der Waals surface area contributed by atoms with Gasteiger partial charge >= 0.3 is 18.3 Å². The molecule has 14 heteroatoms. The largest absolute Gasteiger partial charge is 0.434 e. The summed E-state index contributed by atoms with van der Waals surface area (Å²) in [6.07, 6.45) is -9.50. The fraction of sp³-hybridized carbons (Fsp3) is 0.769. The highest BCUT2D eigenvalue weighted by atomic mass is 19.4. The molecule has 1 aliphatic rings. The summed E-state index contributed by atoms with van der Waals surface area (Å²) in [5.41, 5.74) is 0. The lowest BCUT2D eigenvalue weighted by molar-refractivity contribution is -0.397. The van der Waals surface area contributed by atoms with Gasteiger partial charge in [0.15, 0.2) is 0 Å². The van der Waals surface area contributed by atoms with Crippen LogP contribution in [0.5, 0.6) is 0 Å². The molecule has 1 aromatic rings. The first-order valence-electron chi connectivity index (χ1n) is 7.83. The third kappa shape index (κ3) is 5.52. The van der Waals surface area contributed by atoms with Crippen LogP contribution in [0.1, 0.15) is 0 Å². The highest BCUT2D eigenvalue weighted by Crippen LogP contribution is 2.37. The molecule has 1 unspecified atom stereocenters. The van der Waals surface area contributed by atoms with Crippen LogP contribution in [0.25, 0.3) is 0 Å². The van der Waals surface area contributed by atoms with E-state index in [0.29, 0.717) is 4.90 Å². The second-order valence-corrected chi connectivity index (χ2v) is 6.11. The standard InChI is InChI=1S/C13H17F6N5O3/c14-12(15,16)10(13(17,18)19)22-5-3-21(4-6-22)7-9(25)8-23-2-1-20-11(23)24(26)27/h1-2,9-10,25H,3-8H2. The number of imidazole rings is 1. The highest BCUT2D eigenvalue weighted by molar-refractivity contribution is 5.06. The van der Waals surface area contributed by atoms with E-state index in [2.05, 4.69) is 4.98 Å². The number of aromatic nitrogens is 2. The second kappa shape index (κ2) is 7.98. The van der Waals surface area contributed by atoms with Gasteiger partial charge in [-0.05, 0) is 4.92 Å². The Labute approximate surface area is 149 Å². The normalized spacial score (nSPS) is 18.8. The van der Waals surface area contributed by atoms with Crippen molar-refractivity contribution in [2.45, 2.75) is 31.0 Å². The van der Waals surface area contributed by atoms with Gasteiger partial charge < -0.3 is 15.2 Å². The average Bonchev–Trinajstić information content (AvgIpc) is 2.94. The molecule has 0 spiro atoms. The number of nitro groups is 1. The lowest BCUT2D eigenvalue weighted by Crippen LogP contribution is -2.60. The number of rotatable bonds is 6. The molecule has 8 nitrogen and oxygen atoms in total. The summed E-state index contributed by atoms with van der Waals surface area (Å²) in [4.78, 5) is 15.4. The molecule has 1 atom stereocenters. The van der Waals surface area contributed by atoms with E-state index < -0.39 is 48.5 Å². The molecule has 27 heavy (non-hydrogen) atoms. The summed E-state index contributed by atoms with van der Waals surface area (Å²) >= 11 is 0. The van der Waals surface area contributed by atoms with Crippen LogP contribution in [-0.2, 0) is 6.54 Å². The van der Waals surface area contributed by atoms with Crippen LogP contribution in [0.3, 0.4) is 0 Å². The Bertz CT molecular complexity index is 627. The first-order chi connectivity index (χ1) is 12.4. The Kier molecular flexibility index (Phi) is 6.32. The van der Waals surface area contributed by atoms with E-state index >= 15 is 0 Å². The monoisotopic (exact) mass is 405 g/mol. The van der Waals surface area contributed by atoms with Crippen LogP contribution in [0.15, 0.2) is 12.4 Å². The second-order valence-electron chi connectivity index (χ2n) is 6.11. The number of alkyl halides is 6. The Balaban J connectivity index is 1.90. The van der Waals surface area contributed by atoms with Crippen LogP contribution < -0.4 is 0 Å². The molecule has 0 aliphatic carbocycles. The van der Waals surface area contributed by atoms with Crippen molar-refractivity contribution in [1.29, 1.82) is 0 Å². The van der Waals surface area contributed by atoms with E-state index in [-0.39, 0.29) is 26.2 Å². The van der Waals surface area contributed by atoms with Gasteiger partial charge in [0, 0.05) is 32.7 Å². The average molecular weight is 405 g/mol. The fourth-order valence-electron chi connectivity index (χ4n) is 3.00. The van der Waals surface area contributed by atoms with Crippen molar-refractivity contribution in [3.8, 4) is 0 Å². The molecule has 2 heterocycles. The molecule has 0 saturated carbocycles. The number of piperazine rings is 1. The summed E-state index contributed by atoms with van der Waals surface area (Å²) in [6, 6.07) is -3.52. The third-order valence-corrected chi connectivity index (χ3v) is 4.13. The molecule has 0 bridgehead atoms. The van der Waals surface area contributed by atoms with E-state index in [9.17, 15) is 41.6 Å². The van der Waals surface area contributed by atoms with Crippen molar-refractivity contribution in [1.82, 2.24) is 19.4 Å². The van der Waals surface area contributed by atoms with Crippen molar-refractivity contribution < 1.29 is 36.4 Å². The van der Waals surface area contributed by atoms with E-state index in [1.807, 2.05) is 0 Å². The first kappa shape index (κ1) is 21.4. The van der Waals surface area contributed by atoms with Crippen molar-refractivity contribution >= 4 is 5.95 Å². The number of halogens is 6. The Morgan fingerprint density at radius 1 is 1.11 bits per heavy atom. The SMILES string of the molecule is O=[N+]([O-])c1nccn1CC(O)CN1CCN(C(C(F)(F)F)C(F)(F)F)CC1. The number of nitrogens with zero attached hydrogens (tertiary/aromatic N) is 5. The quantitative estimate of drug-likeness (QED) is 0.436. The minimum Gasteiger partial charge on any atom is -0.390 e. The van der Waals surface area contributed by atoms with Crippen LogP contribution in [0.4, 0.5) is 32.3 Å². The van der Waals surface area contributed by atoms with E-state index in [0.717, 1.165) is 4.57 Å². The molecule has 1 aromatic heterocycles. The molecular formula is C13H17F6N5O3. The summed E-state index contributed by atoms with van der Waals surface area (Å²) < 4.78 is 77.6. The fourth-order valence-corrected chi connectivity index (χ4v) is 3.00. The zero-order valence-electron chi connectivity index (χ0n) is 13.8. The van der Waals surface area contributed by atoms with E-state index in [4.69, 9.17) is 0 Å². The summed E-state index contributed by atoms with van der Waals surface area (Å²) in [5.74, 6) is -0.475. The van der Waals surface area contributed by atoms with Crippen LogP contribution >= 0.6 is 0 Å². The zero-order chi connectivity index (χ0) is 20.4. The third-order valence-electron chi connectivity index (χ3n) is 4.13. The summed E-state index contributed by atoms with van der Waals surface area (Å²) in [7, 11) is 0. The van der Waals surface area contributed by atoms with Crippen molar-refractivity contribution in [2.24, 2.45) is 0 Å². The minimum atomic E-state index is -5.43. The lowest BCUT2D eigenvalue weighted by atomic mass is 10.1. The van der Waals surface area contributed by atoms with Gasteiger partial charge in [0.1, 0.15) is 12.4 Å². The minimum absolute atomic E-state index is 0.0497. The molecule has 1 fully saturated rings. The maximum atomic E-state index is 12.7. The predicted octanol–water partition coefficient (Wildman–Crippen LogP) is 1.26. The molecule has 1 saturated heterocycles. The smallest absolute Gasteiger partial charge is 0.390 e. The van der Waals surface area contributed by atoms with Crippen LogP contribution in [0.2, 0.25) is 0 Å². The van der Waals surface area contributed by atoms with Gasteiger partial charge in [-0.25, -0.2) is 4.57 Å².